The number of nitriles is 1. The Balaban J connectivity index is 2.42. The average molecular weight is 282 g/mol. The van der Waals surface area contributed by atoms with Gasteiger partial charge < -0.3 is 4.90 Å². The normalized spacial score (nSPS) is 22.9. The van der Waals surface area contributed by atoms with Gasteiger partial charge >= 0.3 is 6.18 Å². The van der Waals surface area contributed by atoms with Gasteiger partial charge in [0.05, 0.1) is 17.2 Å². The summed E-state index contributed by atoms with van der Waals surface area (Å²) >= 11 is 0. The highest BCUT2D eigenvalue weighted by Crippen LogP contribution is 2.37. The molecule has 1 aliphatic rings. The Morgan fingerprint density at radius 2 is 2.05 bits per heavy atom. The predicted octanol–water partition coefficient (Wildman–Crippen LogP) is 4.34. The van der Waals surface area contributed by atoms with Crippen LogP contribution in [0.25, 0.3) is 0 Å². The monoisotopic (exact) mass is 282 g/mol. The number of hydrogen-bond donors (Lipinski definition) is 0. The topological polar surface area (TPSA) is 27.0 Å². The Bertz CT molecular complexity index is 531. The summed E-state index contributed by atoms with van der Waals surface area (Å²) in [6.07, 6.45) is -1.46. The van der Waals surface area contributed by atoms with Crippen LogP contribution >= 0.6 is 0 Å². The van der Waals surface area contributed by atoms with Crippen LogP contribution in [0, 0.1) is 11.3 Å². The summed E-state index contributed by atoms with van der Waals surface area (Å²) in [5, 5.41) is 8.97. The smallest absolute Gasteiger partial charge is 0.366 e. The zero-order valence-corrected chi connectivity index (χ0v) is 11.5. The highest BCUT2D eigenvalue weighted by Gasteiger charge is 2.35. The lowest BCUT2D eigenvalue weighted by atomic mass is 10.1. The molecule has 0 aromatic heterocycles. The summed E-state index contributed by atoms with van der Waals surface area (Å²) in [5.74, 6) is 0. The maximum Gasteiger partial charge on any atom is 0.417 e. The zero-order chi connectivity index (χ0) is 14.9. The quantitative estimate of drug-likeness (QED) is 0.806. The summed E-state index contributed by atoms with van der Waals surface area (Å²) in [6, 6.07) is 6.17. The van der Waals surface area contributed by atoms with Gasteiger partial charge in [-0.3, -0.25) is 0 Å². The predicted molar refractivity (Wildman–Crippen MR) is 71.4 cm³/mol. The molecule has 108 valence electrons. The van der Waals surface area contributed by atoms with Crippen molar-refractivity contribution in [2.45, 2.75) is 51.4 Å². The molecular formula is C15H17F3N2. The molecule has 2 nitrogen and oxygen atoms in total. The van der Waals surface area contributed by atoms with Gasteiger partial charge in [0.1, 0.15) is 0 Å². The van der Waals surface area contributed by atoms with E-state index in [0.717, 1.165) is 25.3 Å². The zero-order valence-electron chi connectivity index (χ0n) is 11.5. The Labute approximate surface area is 116 Å². The van der Waals surface area contributed by atoms with Crippen LogP contribution in [-0.2, 0) is 6.18 Å². The first-order valence-corrected chi connectivity index (χ1v) is 6.78. The fraction of sp³-hybridized carbons (Fsp3) is 0.533. The van der Waals surface area contributed by atoms with Gasteiger partial charge in [-0.15, -0.1) is 0 Å². The number of nitrogens with zero attached hydrogens (tertiary/aromatic N) is 2. The van der Waals surface area contributed by atoms with Crippen LogP contribution < -0.4 is 4.90 Å². The molecule has 20 heavy (non-hydrogen) atoms. The number of anilines is 1. The highest BCUT2D eigenvalue weighted by atomic mass is 19.4. The molecule has 0 bridgehead atoms. The Kier molecular flexibility index (Phi) is 3.94. The first-order valence-electron chi connectivity index (χ1n) is 6.78. The third-order valence-corrected chi connectivity index (χ3v) is 3.98. The first kappa shape index (κ1) is 14.7. The Morgan fingerprint density at radius 1 is 1.35 bits per heavy atom. The van der Waals surface area contributed by atoms with Crippen LogP contribution in [0.1, 0.15) is 44.2 Å². The summed E-state index contributed by atoms with van der Waals surface area (Å²) in [5.41, 5.74) is -0.445. The van der Waals surface area contributed by atoms with E-state index in [1.807, 2.05) is 0 Å². The van der Waals surface area contributed by atoms with E-state index in [2.05, 4.69) is 18.7 Å². The minimum absolute atomic E-state index is 0.295. The first-order chi connectivity index (χ1) is 9.38. The van der Waals surface area contributed by atoms with Crippen LogP contribution in [-0.4, -0.2) is 12.1 Å². The van der Waals surface area contributed by atoms with Crippen molar-refractivity contribution in [2.75, 3.05) is 4.90 Å². The molecule has 0 radical (unpaired) electrons. The number of hydrogen-bond acceptors (Lipinski definition) is 2. The molecule has 2 unspecified atom stereocenters. The van der Waals surface area contributed by atoms with E-state index in [9.17, 15) is 13.2 Å². The van der Waals surface area contributed by atoms with Crippen LogP contribution in [0.3, 0.4) is 0 Å². The molecule has 1 fully saturated rings. The summed E-state index contributed by atoms with van der Waals surface area (Å²) < 4.78 is 38.4. The van der Waals surface area contributed by atoms with Crippen LogP contribution in [0.2, 0.25) is 0 Å². The van der Waals surface area contributed by atoms with Crippen LogP contribution in [0.5, 0.6) is 0 Å². The van der Waals surface area contributed by atoms with Crippen molar-refractivity contribution in [1.29, 1.82) is 5.26 Å². The lowest BCUT2D eigenvalue weighted by molar-refractivity contribution is -0.137. The maximum atomic E-state index is 12.8. The van der Waals surface area contributed by atoms with Gasteiger partial charge in [-0.2, -0.15) is 18.4 Å². The molecule has 0 saturated carbocycles. The van der Waals surface area contributed by atoms with Gasteiger partial charge in [-0.05, 0) is 44.4 Å². The molecule has 1 saturated heterocycles. The molecule has 0 amide bonds. The van der Waals surface area contributed by atoms with Gasteiger partial charge in [-0.25, -0.2) is 0 Å². The van der Waals surface area contributed by atoms with Crippen molar-refractivity contribution < 1.29 is 13.2 Å². The largest absolute Gasteiger partial charge is 0.417 e. The minimum Gasteiger partial charge on any atom is -0.366 e. The number of halogens is 3. The Morgan fingerprint density at radius 3 is 2.60 bits per heavy atom. The lowest BCUT2D eigenvalue weighted by Crippen LogP contribution is -2.34. The summed E-state index contributed by atoms with van der Waals surface area (Å²) in [7, 11) is 0. The molecule has 2 rings (SSSR count). The van der Waals surface area contributed by atoms with Crippen LogP contribution in [0.4, 0.5) is 18.9 Å². The van der Waals surface area contributed by atoms with E-state index in [4.69, 9.17) is 5.26 Å². The summed E-state index contributed by atoms with van der Waals surface area (Å²) in [4.78, 5) is 2.14. The molecule has 1 aromatic carbocycles. The van der Waals surface area contributed by atoms with E-state index in [-0.39, 0.29) is 5.56 Å². The van der Waals surface area contributed by atoms with E-state index in [1.54, 1.807) is 6.07 Å². The van der Waals surface area contributed by atoms with E-state index >= 15 is 0 Å². The van der Waals surface area contributed by atoms with E-state index in [0.29, 0.717) is 17.8 Å². The molecule has 1 aromatic rings. The molecule has 0 aliphatic carbocycles. The van der Waals surface area contributed by atoms with Gasteiger partial charge in [0, 0.05) is 17.8 Å². The fourth-order valence-electron chi connectivity index (χ4n) is 2.97. The van der Waals surface area contributed by atoms with Crippen molar-refractivity contribution in [2.24, 2.45) is 0 Å². The molecule has 1 heterocycles. The highest BCUT2D eigenvalue weighted by molar-refractivity contribution is 5.57. The molecule has 1 aliphatic heterocycles. The molecule has 0 N–H and O–H groups in total. The van der Waals surface area contributed by atoms with Crippen LogP contribution in [0.15, 0.2) is 18.2 Å². The van der Waals surface area contributed by atoms with Crippen molar-refractivity contribution in [3.8, 4) is 6.07 Å². The van der Waals surface area contributed by atoms with Crippen molar-refractivity contribution in [3.05, 3.63) is 29.3 Å². The second-order valence-corrected chi connectivity index (χ2v) is 5.24. The van der Waals surface area contributed by atoms with Gasteiger partial charge in [0.15, 0.2) is 0 Å². The van der Waals surface area contributed by atoms with Crippen molar-refractivity contribution in [3.63, 3.8) is 0 Å². The third kappa shape index (κ3) is 2.60. The second kappa shape index (κ2) is 5.35. The summed E-state index contributed by atoms with van der Waals surface area (Å²) in [6.45, 7) is 4.14. The van der Waals surface area contributed by atoms with Gasteiger partial charge in [0.2, 0.25) is 0 Å². The van der Waals surface area contributed by atoms with Gasteiger partial charge in [-0.1, -0.05) is 6.92 Å². The number of alkyl halides is 3. The van der Waals surface area contributed by atoms with E-state index in [1.165, 1.54) is 12.1 Å². The molecule has 2 atom stereocenters. The number of benzene rings is 1. The van der Waals surface area contributed by atoms with Crippen molar-refractivity contribution in [1.82, 2.24) is 0 Å². The molecule has 5 heteroatoms. The third-order valence-electron chi connectivity index (χ3n) is 3.98. The number of rotatable bonds is 2. The van der Waals surface area contributed by atoms with Crippen molar-refractivity contribution >= 4 is 5.69 Å². The Hall–Kier alpha value is -1.70. The molecule has 0 spiro atoms. The SMILES string of the molecule is CCC1CCC(C)N1c1ccc(C(F)(F)F)c(C#N)c1. The lowest BCUT2D eigenvalue weighted by Gasteiger charge is -2.30. The second-order valence-electron chi connectivity index (χ2n) is 5.24. The van der Waals surface area contributed by atoms with E-state index < -0.39 is 11.7 Å². The maximum absolute atomic E-state index is 12.8. The fourth-order valence-corrected chi connectivity index (χ4v) is 2.97. The van der Waals surface area contributed by atoms with Gasteiger partial charge in [0.25, 0.3) is 0 Å². The standard InChI is InChI=1S/C15H17F3N2/c1-3-12-5-4-10(2)20(12)13-6-7-14(15(16,17)18)11(8-13)9-19/h6-8,10,12H,3-5H2,1-2H3. The average Bonchev–Trinajstić information content (AvgIpc) is 2.78. The minimum atomic E-state index is -4.48. The molecular weight excluding hydrogens is 265 g/mol.